The Morgan fingerprint density at radius 1 is 1.40 bits per heavy atom. The number of rotatable bonds is 5. The molecule has 1 saturated heterocycles. The molecule has 2 nitrogen and oxygen atoms in total. The van der Waals surface area contributed by atoms with Gasteiger partial charge in [0.05, 0.1) is 13.2 Å². The summed E-state index contributed by atoms with van der Waals surface area (Å²) in [7, 11) is 1.79. The maximum atomic E-state index is 5.74. The molecule has 1 heterocycles. The number of methoxy groups -OCH3 is 1. The van der Waals surface area contributed by atoms with Gasteiger partial charge in [-0.15, -0.1) is 0 Å². The van der Waals surface area contributed by atoms with Crippen molar-refractivity contribution in [3.8, 4) is 5.75 Å². The van der Waals surface area contributed by atoms with E-state index in [1.54, 1.807) is 7.11 Å². The summed E-state index contributed by atoms with van der Waals surface area (Å²) in [5.41, 5.74) is 3.87. The molecule has 2 atom stereocenters. The molecule has 0 aromatic heterocycles. The minimum Gasteiger partial charge on any atom is -0.496 e. The third-order valence-electron chi connectivity index (χ3n) is 4.49. The minimum absolute atomic E-state index is 0.269. The van der Waals surface area contributed by atoms with Gasteiger partial charge in [0.1, 0.15) is 5.75 Å². The third kappa shape index (κ3) is 2.84. The SMILES string of the molecule is CCNC(c1ccc(C)c(C)c1OC)C1(C)CCCS1. The Morgan fingerprint density at radius 2 is 2.15 bits per heavy atom. The lowest BCUT2D eigenvalue weighted by Gasteiger charge is -2.35. The first-order valence-corrected chi connectivity index (χ1v) is 8.53. The Balaban J connectivity index is 2.46. The summed E-state index contributed by atoms with van der Waals surface area (Å²) in [5.74, 6) is 2.33. The fraction of sp³-hybridized carbons (Fsp3) is 0.647. The van der Waals surface area contributed by atoms with Crippen molar-refractivity contribution in [2.75, 3.05) is 19.4 Å². The third-order valence-corrected chi connectivity index (χ3v) is 6.08. The lowest BCUT2D eigenvalue weighted by Crippen LogP contribution is -2.37. The van der Waals surface area contributed by atoms with E-state index >= 15 is 0 Å². The van der Waals surface area contributed by atoms with Crippen LogP contribution in [0.15, 0.2) is 12.1 Å². The first-order chi connectivity index (χ1) is 9.53. The molecule has 1 N–H and O–H groups in total. The second-order valence-corrected chi connectivity index (χ2v) is 7.51. The van der Waals surface area contributed by atoms with Gasteiger partial charge in [-0.1, -0.05) is 19.1 Å². The largest absolute Gasteiger partial charge is 0.496 e. The van der Waals surface area contributed by atoms with Crippen LogP contribution in [0.4, 0.5) is 0 Å². The monoisotopic (exact) mass is 293 g/mol. The Hall–Kier alpha value is -0.670. The van der Waals surface area contributed by atoms with Crippen molar-refractivity contribution >= 4 is 11.8 Å². The van der Waals surface area contributed by atoms with E-state index in [1.165, 1.54) is 35.3 Å². The van der Waals surface area contributed by atoms with Crippen molar-refractivity contribution in [2.45, 2.75) is 51.3 Å². The summed E-state index contributed by atoms with van der Waals surface area (Å²) < 4.78 is 6.01. The van der Waals surface area contributed by atoms with E-state index in [9.17, 15) is 0 Å². The summed E-state index contributed by atoms with van der Waals surface area (Å²) >= 11 is 2.10. The molecular formula is C17H27NOS. The van der Waals surface area contributed by atoms with E-state index in [-0.39, 0.29) is 4.75 Å². The molecule has 0 radical (unpaired) electrons. The molecule has 1 aromatic rings. The molecule has 0 saturated carbocycles. The molecule has 0 amide bonds. The van der Waals surface area contributed by atoms with Gasteiger partial charge in [-0.3, -0.25) is 0 Å². The van der Waals surface area contributed by atoms with Crippen LogP contribution in [-0.2, 0) is 0 Å². The molecule has 3 heteroatoms. The highest BCUT2D eigenvalue weighted by molar-refractivity contribution is 8.00. The van der Waals surface area contributed by atoms with Gasteiger partial charge in [-0.25, -0.2) is 0 Å². The lowest BCUT2D eigenvalue weighted by atomic mass is 9.88. The highest BCUT2D eigenvalue weighted by Gasteiger charge is 2.39. The fourth-order valence-electron chi connectivity index (χ4n) is 3.20. The highest BCUT2D eigenvalue weighted by atomic mass is 32.2. The zero-order valence-electron chi connectivity index (χ0n) is 13.4. The Kier molecular flexibility index (Phi) is 5.03. The van der Waals surface area contributed by atoms with Gasteiger partial charge in [-0.2, -0.15) is 11.8 Å². The van der Waals surface area contributed by atoms with Crippen molar-refractivity contribution in [2.24, 2.45) is 0 Å². The molecule has 1 aromatic carbocycles. The van der Waals surface area contributed by atoms with E-state index in [1.807, 2.05) is 0 Å². The highest BCUT2D eigenvalue weighted by Crippen LogP contribution is 2.48. The van der Waals surface area contributed by atoms with Gasteiger partial charge in [0, 0.05) is 10.3 Å². The molecular weight excluding hydrogens is 266 g/mol. The zero-order valence-corrected chi connectivity index (χ0v) is 14.2. The maximum Gasteiger partial charge on any atom is 0.126 e. The smallest absolute Gasteiger partial charge is 0.126 e. The molecule has 2 unspecified atom stereocenters. The molecule has 2 rings (SSSR count). The number of hydrogen-bond donors (Lipinski definition) is 1. The van der Waals surface area contributed by atoms with Crippen molar-refractivity contribution < 1.29 is 4.74 Å². The van der Waals surface area contributed by atoms with Crippen LogP contribution in [0.3, 0.4) is 0 Å². The molecule has 112 valence electrons. The lowest BCUT2D eigenvalue weighted by molar-refractivity contribution is 0.373. The van der Waals surface area contributed by atoms with Gasteiger partial charge in [0.15, 0.2) is 0 Å². The number of ether oxygens (including phenoxy) is 1. The van der Waals surface area contributed by atoms with Crippen molar-refractivity contribution in [3.05, 3.63) is 28.8 Å². The quantitative estimate of drug-likeness (QED) is 0.877. The first-order valence-electron chi connectivity index (χ1n) is 7.55. The van der Waals surface area contributed by atoms with Crippen LogP contribution in [0.5, 0.6) is 5.75 Å². The van der Waals surface area contributed by atoms with Gasteiger partial charge in [-0.05, 0) is 57.0 Å². The molecule has 0 bridgehead atoms. The van der Waals surface area contributed by atoms with E-state index < -0.39 is 0 Å². The van der Waals surface area contributed by atoms with Crippen LogP contribution < -0.4 is 10.1 Å². The molecule has 0 aliphatic carbocycles. The van der Waals surface area contributed by atoms with Crippen LogP contribution in [0.25, 0.3) is 0 Å². The van der Waals surface area contributed by atoms with E-state index in [0.29, 0.717) is 6.04 Å². The van der Waals surface area contributed by atoms with Crippen molar-refractivity contribution in [3.63, 3.8) is 0 Å². The molecule has 20 heavy (non-hydrogen) atoms. The van der Waals surface area contributed by atoms with Gasteiger partial charge >= 0.3 is 0 Å². The zero-order chi connectivity index (χ0) is 14.8. The number of nitrogens with one attached hydrogen (secondary N) is 1. The van der Waals surface area contributed by atoms with Gasteiger partial charge in [0.2, 0.25) is 0 Å². The standard InChI is InChI=1S/C17H27NOS/c1-6-18-16(17(4)10-7-11-20-17)14-9-8-12(2)13(3)15(14)19-5/h8-9,16,18H,6-7,10-11H2,1-5H3. The van der Waals surface area contributed by atoms with E-state index in [4.69, 9.17) is 4.74 Å². The Bertz CT molecular complexity index is 466. The Labute approximate surface area is 127 Å². The van der Waals surface area contributed by atoms with Crippen LogP contribution in [0.1, 0.15) is 49.4 Å². The molecule has 1 aliphatic heterocycles. The summed E-state index contributed by atoms with van der Waals surface area (Å²) in [6.07, 6.45) is 2.58. The van der Waals surface area contributed by atoms with Crippen LogP contribution >= 0.6 is 11.8 Å². The second kappa shape index (κ2) is 6.40. The van der Waals surface area contributed by atoms with Crippen LogP contribution in [0, 0.1) is 13.8 Å². The number of aryl methyl sites for hydroxylation is 1. The minimum atomic E-state index is 0.269. The normalized spacial score (nSPS) is 23.9. The predicted octanol–water partition coefficient (Wildman–Crippen LogP) is 4.25. The summed E-state index contributed by atoms with van der Waals surface area (Å²) in [6.45, 7) is 9.87. The molecule has 0 spiro atoms. The first kappa shape index (κ1) is 15.7. The average molecular weight is 293 g/mol. The Morgan fingerprint density at radius 3 is 2.70 bits per heavy atom. The van der Waals surface area contributed by atoms with Crippen LogP contribution in [0.2, 0.25) is 0 Å². The predicted molar refractivity (Wildman–Crippen MR) is 89.0 cm³/mol. The topological polar surface area (TPSA) is 21.3 Å². The molecule has 1 fully saturated rings. The maximum absolute atomic E-state index is 5.74. The van der Waals surface area contributed by atoms with Gasteiger partial charge < -0.3 is 10.1 Å². The summed E-state index contributed by atoms with van der Waals surface area (Å²) in [6, 6.07) is 4.83. The van der Waals surface area contributed by atoms with Gasteiger partial charge in [0.25, 0.3) is 0 Å². The van der Waals surface area contributed by atoms with E-state index in [2.05, 4.69) is 56.9 Å². The number of benzene rings is 1. The summed E-state index contributed by atoms with van der Waals surface area (Å²) in [5, 5.41) is 3.70. The number of thioether (sulfide) groups is 1. The van der Waals surface area contributed by atoms with Crippen molar-refractivity contribution in [1.29, 1.82) is 0 Å². The number of hydrogen-bond acceptors (Lipinski definition) is 3. The average Bonchev–Trinajstić information content (AvgIpc) is 2.87. The summed E-state index contributed by atoms with van der Waals surface area (Å²) in [4.78, 5) is 0. The fourth-order valence-corrected chi connectivity index (χ4v) is 4.62. The van der Waals surface area contributed by atoms with Crippen molar-refractivity contribution in [1.82, 2.24) is 5.32 Å². The van der Waals surface area contributed by atoms with Crippen LogP contribution in [-0.4, -0.2) is 24.2 Å². The van der Waals surface area contributed by atoms with E-state index in [0.717, 1.165) is 12.3 Å². The second-order valence-electron chi connectivity index (χ2n) is 5.89. The molecule has 1 aliphatic rings.